The van der Waals surface area contributed by atoms with Gasteiger partial charge in [-0.3, -0.25) is 9.59 Å². The Morgan fingerprint density at radius 2 is 1.57 bits per heavy atom. The van der Waals surface area contributed by atoms with Crippen LogP contribution in [-0.4, -0.2) is 51.1 Å². The molecule has 2 aromatic carbocycles. The first-order valence-corrected chi connectivity index (χ1v) is 14.1. The van der Waals surface area contributed by atoms with E-state index < -0.39 is 22.1 Å². The Bertz CT molecular complexity index is 1420. The van der Waals surface area contributed by atoms with Crippen molar-refractivity contribution in [3.05, 3.63) is 83.6 Å². The van der Waals surface area contributed by atoms with E-state index in [-0.39, 0.29) is 33.9 Å². The van der Waals surface area contributed by atoms with Crippen LogP contribution in [0.25, 0.3) is 0 Å². The Morgan fingerprint density at radius 3 is 2.20 bits per heavy atom. The van der Waals surface area contributed by atoms with Gasteiger partial charge in [0.25, 0.3) is 21.8 Å². The van der Waals surface area contributed by atoms with Crippen LogP contribution < -0.4 is 19.5 Å². The minimum Gasteiger partial charge on any atom is -0.496 e. The number of carbonyl (C=O) groups is 3. The molecule has 12 heteroatoms. The number of nitrogens with one attached hydrogen (secondary N) is 2. The molecule has 0 aliphatic heterocycles. The van der Waals surface area contributed by atoms with E-state index in [1.165, 1.54) is 36.4 Å². The zero-order valence-corrected chi connectivity index (χ0v) is 23.2. The lowest BCUT2D eigenvalue weighted by Crippen LogP contribution is -2.31. The van der Waals surface area contributed by atoms with E-state index in [9.17, 15) is 22.8 Å². The van der Waals surface area contributed by atoms with Crippen molar-refractivity contribution >= 4 is 28.0 Å². The lowest BCUT2D eigenvalue weighted by molar-refractivity contribution is 0.0538. The molecule has 212 valence electrons. The highest BCUT2D eigenvalue weighted by atomic mass is 32.2. The monoisotopic (exact) mass is 569 g/mol. The van der Waals surface area contributed by atoms with Crippen molar-refractivity contribution in [3.8, 4) is 11.6 Å². The van der Waals surface area contributed by atoms with Crippen LogP contribution in [0.4, 0.5) is 4.79 Å². The summed E-state index contributed by atoms with van der Waals surface area (Å²) in [6.07, 6.45) is 1.69. The summed E-state index contributed by atoms with van der Waals surface area (Å²) < 4.78 is 42.8. The lowest BCUT2D eigenvalue weighted by Gasteiger charge is -2.13. The molecule has 11 nitrogen and oxygen atoms in total. The molecule has 3 aromatic rings. The van der Waals surface area contributed by atoms with Crippen molar-refractivity contribution < 1.29 is 37.0 Å². The maximum Gasteiger partial charge on any atom is 0.515 e. The number of ether oxygens (including phenoxy) is 3. The Morgan fingerprint density at radius 1 is 0.900 bits per heavy atom. The van der Waals surface area contributed by atoms with Gasteiger partial charge in [0.2, 0.25) is 5.88 Å². The zero-order valence-electron chi connectivity index (χ0n) is 22.4. The minimum absolute atomic E-state index is 0.0738. The van der Waals surface area contributed by atoms with Crippen LogP contribution in [0.5, 0.6) is 11.6 Å². The van der Waals surface area contributed by atoms with Gasteiger partial charge in [0, 0.05) is 24.4 Å². The molecule has 0 radical (unpaired) electrons. The van der Waals surface area contributed by atoms with Crippen LogP contribution in [0.3, 0.4) is 0 Å². The number of hydrogen-bond donors (Lipinski definition) is 2. The zero-order chi connectivity index (χ0) is 29.1. The fraction of sp³-hybridized carbons (Fsp3) is 0.286. The molecule has 0 saturated heterocycles. The van der Waals surface area contributed by atoms with E-state index in [0.717, 1.165) is 17.5 Å². The fourth-order valence-corrected chi connectivity index (χ4v) is 4.60. The molecule has 0 atom stereocenters. The van der Waals surface area contributed by atoms with Gasteiger partial charge in [-0.25, -0.2) is 22.9 Å². The molecule has 1 heterocycles. The van der Waals surface area contributed by atoms with Crippen LogP contribution in [0.15, 0.2) is 71.8 Å². The van der Waals surface area contributed by atoms with Crippen molar-refractivity contribution in [2.24, 2.45) is 0 Å². The molecular weight excluding hydrogens is 538 g/mol. The van der Waals surface area contributed by atoms with Crippen molar-refractivity contribution in [1.29, 1.82) is 0 Å². The van der Waals surface area contributed by atoms with Crippen LogP contribution >= 0.6 is 0 Å². The summed E-state index contributed by atoms with van der Waals surface area (Å²) in [4.78, 5) is 40.5. The second-order valence-electron chi connectivity index (χ2n) is 8.57. The van der Waals surface area contributed by atoms with Crippen LogP contribution in [0, 0.1) is 0 Å². The largest absolute Gasteiger partial charge is 0.515 e. The number of sulfonamides is 1. The Balaban J connectivity index is 1.55. The molecule has 0 fully saturated rings. The van der Waals surface area contributed by atoms with Gasteiger partial charge >= 0.3 is 6.16 Å². The number of carbonyl (C=O) groups excluding carboxylic acids is 3. The van der Waals surface area contributed by atoms with Gasteiger partial charge in [0.15, 0.2) is 0 Å². The third-order valence-corrected chi connectivity index (χ3v) is 7.23. The summed E-state index contributed by atoms with van der Waals surface area (Å²) in [5, 5.41) is 2.78. The van der Waals surface area contributed by atoms with Crippen LogP contribution in [0.1, 0.15) is 53.0 Å². The number of aromatic nitrogens is 1. The molecule has 0 spiro atoms. The van der Waals surface area contributed by atoms with Gasteiger partial charge in [-0.15, -0.1) is 0 Å². The normalized spacial score (nSPS) is 11.0. The highest BCUT2D eigenvalue weighted by molar-refractivity contribution is 7.90. The van der Waals surface area contributed by atoms with Crippen LogP contribution in [0.2, 0.25) is 0 Å². The van der Waals surface area contributed by atoms with E-state index in [1.807, 2.05) is 42.8 Å². The second-order valence-corrected chi connectivity index (χ2v) is 10.3. The standard InChI is InChI=1S/C28H31N3O8S/c1-4-22(5-2)38-28(34)39-25-15-12-21(18-30-25)27(33)31-40(35,36)23-13-10-20(11-14-23)26(32)29-17-16-19-8-6-7-9-24(19)37-3/h6-15,18,22H,4-5,16-17H2,1-3H3,(H,29,32)(H,31,33). The first-order chi connectivity index (χ1) is 19.2. The molecule has 1 aromatic heterocycles. The number of amides is 2. The smallest absolute Gasteiger partial charge is 0.496 e. The van der Waals surface area contributed by atoms with Crippen molar-refractivity contribution in [2.45, 2.75) is 44.1 Å². The maximum absolute atomic E-state index is 12.7. The minimum atomic E-state index is -4.24. The molecular formula is C28H31N3O8S. The van der Waals surface area contributed by atoms with Crippen molar-refractivity contribution in [1.82, 2.24) is 15.0 Å². The number of nitrogens with zero attached hydrogens (tertiary/aromatic N) is 1. The SMILES string of the molecule is CCC(CC)OC(=O)Oc1ccc(C(=O)NS(=O)(=O)c2ccc(C(=O)NCCc3ccccc3OC)cc2)cn1. The molecule has 2 amide bonds. The molecule has 40 heavy (non-hydrogen) atoms. The first-order valence-electron chi connectivity index (χ1n) is 12.6. The Labute approximate surface area is 232 Å². The average molecular weight is 570 g/mol. The van der Waals surface area contributed by atoms with Crippen molar-refractivity contribution in [2.75, 3.05) is 13.7 Å². The number of benzene rings is 2. The average Bonchev–Trinajstić information content (AvgIpc) is 2.96. The van der Waals surface area contributed by atoms with Gasteiger partial charge in [0.05, 0.1) is 17.6 Å². The van der Waals surface area contributed by atoms with Gasteiger partial charge in [0.1, 0.15) is 11.9 Å². The van der Waals surface area contributed by atoms with Crippen LogP contribution in [-0.2, 0) is 21.2 Å². The molecule has 0 unspecified atom stereocenters. The summed E-state index contributed by atoms with van der Waals surface area (Å²) in [6, 6.07) is 15.2. The Kier molecular flexibility index (Phi) is 10.6. The summed E-state index contributed by atoms with van der Waals surface area (Å²) in [6.45, 7) is 4.10. The van der Waals surface area contributed by atoms with E-state index >= 15 is 0 Å². The third kappa shape index (κ3) is 8.27. The predicted molar refractivity (Wildman–Crippen MR) is 146 cm³/mol. The van der Waals surface area contributed by atoms with E-state index in [4.69, 9.17) is 14.2 Å². The Hall–Kier alpha value is -4.45. The van der Waals surface area contributed by atoms with Gasteiger partial charge in [-0.05, 0) is 61.2 Å². The summed E-state index contributed by atoms with van der Waals surface area (Å²) in [5.41, 5.74) is 1.13. The summed E-state index contributed by atoms with van der Waals surface area (Å²) in [7, 11) is -2.66. The quantitative estimate of drug-likeness (QED) is 0.310. The van der Waals surface area contributed by atoms with E-state index in [1.54, 1.807) is 7.11 Å². The van der Waals surface area contributed by atoms with Gasteiger partial charge in [-0.2, -0.15) is 0 Å². The summed E-state index contributed by atoms with van der Waals surface area (Å²) in [5.74, 6) is -0.686. The van der Waals surface area contributed by atoms with E-state index in [2.05, 4.69) is 10.3 Å². The fourth-order valence-electron chi connectivity index (χ4n) is 3.62. The highest BCUT2D eigenvalue weighted by Crippen LogP contribution is 2.18. The molecule has 0 aliphatic rings. The predicted octanol–water partition coefficient (Wildman–Crippen LogP) is 3.89. The second kappa shape index (κ2) is 14.1. The number of pyridine rings is 1. The number of rotatable bonds is 12. The number of methoxy groups -OCH3 is 1. The first kappa shape index (κ1) is 30.1. The molecule has 2 N–H and O–H groups in total. The van der Waals surface area contributed by atoms with E-state index in [0.29, 0.717) is 25.8 Å². The van der Waals surface area contributed by atoms with Crippen molar-refractivity contribution in [3.63, 3.8) is 0 Å². The van der Waals surface area contributed by atoms with Gasteiger partial charge in [-0.1, -0.05) is 32.0 Å². The molecule has 0 aliphatic carbocycles. The number of para-hydroxylation sites is 1. The lowest BCUT2D eigenvalue weighted by atomic mass is 10.1. The maximum atomic E-state index is 12.7. The molecule has 0 bridgehead atoms. The summed E-state index contributed by atoms with van der Waals surface area (Å²) >= 11 is 0. The van der Waals surface area contributed by atoms with Gasteiger partial charge < -0.3 is 19.5 Å². The highest BCUT2D eigenvalue weighted by Gasteiger charge is 2.20. The number of hydrogen-bond acceptors (Lipinski definition) is 9. The topological polar surface area (TPSA) is 150 Å². The third-order valence-electron chi connectivity index (χ3n) is 5.89. The molecule has 3 rings (SSSR count). The molecule has 0 saturated carbocycles.